The van der Waals surface area contributed by atoms with E-state index >= 15 is 0 Å². The first-order valence-corrected chi connectivity index (χ1v) is 10.7. The molecule has 0 heterocycles. The van der Waals surface area contributed by atoms with Crippen molar-refractivity contribution in [3.8, 4) is 0 Å². The molecule has 158 valence electrons. The van der Waals surface area contributed by atoms with E-state index in [9.17, 15) is 10.2 Å². The lowest BCUT2D eigenvalue weighted by molar-refractivity contribution is 0.0751. The summed E-state index contributed by atoms with van der Waals surface area (Å²) in [6, 6.07) is 14.8. The Morgan fingerprint density at radius 3 is 2.03 bits per heavy atom. The summed E-state index contributed by atoms with van der Waals surface area (Å²) in [6.07, 6.45) is 0.991. The average molecular weight is 402 g/mol. The third-order valence-electron chi connectivity index (χ3n) is 6.89. The van der Waals surface area contributed by atoms with Gasteiger partial charge < -0.3 is 10.2 Å². The minimum atomic E-state index is -0.972. The van der Waals surface area contributed by atoms with Crippen LogP contribution in [0.25, 0.3) is 5.57 Å². The lowest BCUT2D eigenvalue weighted by atomic mass is 9.69. The summed E-state index contributed by atoms with van der Waals surface area (Å²) in [4.78, 5) is 0. The molecule has 0 fully saturated rings. The second-order valence-corrected chi connectivity index (χ2v) is 10.9. The van der Waals surface area contributed by atoms with Crippen LogP contribution in [0.2, 0.25) is 0 Å². The molecule has 2 unspecified atom stereocenters. The summed E-state index contributed by atoms with van der Waals surface area (Å²) < 4.78 is 0. The Kier molecular flexibility index (Phi) is 5.41. The normalized spacial score (nSPS) is 21.9. The van der Waals surface area contributed by atoms with Crippen LogP contribution in [0.1, 0.15) is 88.5 Å². The van der Waals surface area contributed by atoms with Crippen molar-refractivity contribution in [3.63, 3.8) is 0 Å². The zero-order valence-electron chi connectivity index (χ0n) is 19.5. The highest BCUT2D eigenvalue weighted by atomic mass is 16.3. The van der Waals surface area contributed by atoms with Crippen LogP contribution in [0, 0.1) is 0 Å². The van der Waals surface area contributed by atoms with Crippen LogP contribution in [-0.2, 0) is 10.8 Å². The van der Waals surface area contributed by atoms with Crippen molar-refractivity contribution in [3.05, 3.63) is 76.9 Å². The van der Waals surface area contributed by atoms with Gasteiger partial charge in [-0.1, -0.05) is 75.4 Å². The molecule has 2 N–H and O–H groups in total. The number of fused-ring (bicyclic) bond motifs is 1. The Morgan fingerprint density at radius 1 is 0.967 bits per heavy atom. The van der Waals surface area contributed by atoms with Crippen molar-refractivity contribution in [1.82, 2.24) is 0 Å². The lowest BCUT2D eigenvalue weighted by Crippen LogP contribution is -2.29. The van der Waals surface area contributed by atoms with Gasteiger partial charge in [-0.2, -0.15) is 0 Å². The average Bonchev–Trinajstić information content (AvgIpc) is 2.85. The number of benzene rings is 2. The Bertz CT molecular complexity index is 958. The maximum atomic E-state index is 10.5. The molecule has 2 aromatic rings. The van der Waals surface area contributed by atoms with Gasteiger partial charge in [0.25, 0.3) is 0 Å². The molecule has 2 nitrogen and oxygen atoms in total. The van der Waals surface area contributed by atoms with Crippen LogP contribution in [0.5, 0.6) is 0 Å². The van der Waals surface area contributed by atoms with Crippen LogP contribution in [-0.4, -0.2) is 29.3 Å². The van der Waals surface area contributed by atoms with E-state index in [1.54, 1.807) is 27.7 Å². The van der Waals surface area contributed by atoms with E-state index < -0.39 is 17.0 Å². The van der Waals surface area contributed by atoms with Gasteiger partial charge in [0.1, 0.15) is 0 Å². The van der Waals surface area contributed by atoms with E-state index in [0.29, 0.717) is 0 Å². The monoisotopic (exact) mass is 402 g/mol. The van der Waals surface area contributed by atoms with Crippen molar-refractivity contribution < 1.29 is 10.2 Å². The molecule has 0 amide bonds. The maximum Gasteiger partial charge on any atom is 0.0840 e. The molecule has 0 aromatic heterocycles. The number of aliphatic hydroxyl groups is 2. The molecule has 3 rings (SSSR count). The van der Waals surface area contributed by atoms with Gasteiger partial charge in [-0.25, -0.2) is 0 Å². The summed E-state index contributed by atoms with van der Waals surface area (Å²) in [5.41, 5.74) is 4.43. The summed E-state index contributed by atoms with van der Waals surface area (Å²) in [5.74, 6) is -0.437. The predicted molar refractivity (Wildman–Crippen MR) is 127 cm³/mol. The largest absolute Gasteiger partial charge is 0.391 e. The molecule has 0 saturated heterocycles. The van der Waals surface area contributed by atoms with Crippen molar-refractivity contribution in [2.24, 2.45) is 0 Å². The summed E-state index contributed by atoms with van der Waals surface area (Å²) in [6.45, 7) is 18.0. The first-order valence-electron chi connectivity index (χ1n) is 10.7. The zero-order valence-corrected chi connectivity index (χ0v) is 19.5. The smallest absolute Gasteiger partial charge is 0.0840 e. The van der Waals surface area contributed by atoms with Crippen molar-refractivity contribution >= 4 is 13.4 Å². The summed E-state index contributed by atoms with van der Waals surface area (Å²) >= 11 is 0. The minimum Gasteiger partial charge on any atom is -0.391 e. The summed E-state index contributed by atoms with van der Waals surface area (Å²) in [7, 11) is 6.24. The number of hydrogen-bond donors (Lipinski definition) is 2. The Labute approximate surface area is 183 Å². The topological polar surface area (TPSA) is 40.5 Å². The molecule has 2 radical (unpaired) electrons. The third-order valence-corrected chi connectivity index (χ3v) is 6.89. The molecule has 1 aliphatic carbocycles. The fourth-order valence-corrected chi connectivity index (χ4v) is 4.93. The molecule has 0 aliphatic heterocycles. The maximum absolute atomic E-state index is 10.5. The molecule has 0 spiro atoms. The van der Waals surface area contributed by atoms with E-state index in [2.05, 4.69) is 57.7 Å². The molecule has 1 aliphatic rings. The Balaban J connectivity index is 2.08. The molecule has 30 heavy (non-hydrogen) atoms. The van der Waals surface area contributed by atoms with Gasteiger partial charge in [-0.05, 0) is 73.2 Å². The van der Waals surface area contributed by atoms with Crippen molar-refractivity contribution in [2.45, 2.75) is 82.7 Å². The predicted octanol–water partition coefficient (Wildman–Crippen LogP) is 5.44. The Morgan fingerprint density at radius 2 is 1.53 bits per heavy atom. The van der Waals surface area contributed by atoms with E-state index in [0.717, 1.165) is 23.1 Å². The first kappa shape index (κ1) is 22.8. The van der Waals surface area contributed by atoms with Gasteiger partial charge in [-0.15, -0.1) is 0 Å². The van der Waals surface area contributed by atoms with Crippen LogP contribution >= 0.6 is 0 Å². The van der Waals surface area contributed by atoms with Gasteiger partial charge in [-0.3, -0.25) is 0 Å². The molecule has 0 bridgehead atoms. The van der Waals surface area contributed by atoms with Crippen LogP contribution in [0.3, 0.4) is 0 Å². The highest BCUT2D eigenvalue weighted by Crippen LogP contribution is 2.53. The van der Waals surface area contributed by atoms with E-state index in [1.165, 1.54) is 16.7 Å². The molecule has 3 heteroatoms. The highest BCUT2D eigenvalue weighted by Gasteiger charge is 2.46. The number of rotatable bonds is 5. The van der Waals surface area contributed by atoms with Gasteiger partial charge in [0.15, 0.2) is 0 Å². The molecule has 2 aromatic carbocycles. The quantitative estimate of drug-likeness (QED) is 0.654. The highest BCUT2D eigenvalue weighted by molar-refractivity contribution is 6.13. The van der Waals surface area contributed by atoms with Crippen LogP contribution < -0.4 is 0 Å². The fraction of sp³-hybridized carbons (Fsp3) is 0.481. The first-order chi connectivity index (χ1) is 13.6. The van der Waals surface area contributed by atoms with Crippen LogP contribution in [0.4, 0.5) is 0 Å². The van der Waals surface area contributed by atoms with Gasteiger partial charge >= 0.3 is 0 Å². The van der Waals surface area contributed by atoms with Gasteiger partial charge in [0.2, 0.25) is 0 Å². The molecular weight excluding hydrogens is 367 g/mol. The lowest BCUT2D eigenvalue weighted by Gasteiger charge is -2.31. The second kappa shape index (κ2) is 7.10. The second-order valence-electron chi connectivity index (χ2n) is 10.9. The third kappa shape index (κ3) is 3.90. The van der Waals surface area contributed by atoms with Crippen molar-refractivity contribution in [2.75, 3.05) is 0 Å². The van der Waals surface area contributed by atoms with E-state index in [-0.39, 0.29) is 10.8 Å². The molecule has 2 atom stereocenters. The van der Waals surface area contributed by atoms with E-state index in [1.807, 2.05) is 12.1 Å². The van der Waals surface area contributed by atoms with Gasteiger partial charge in [0.05, 0.1) is 19.0 Å². The molecular formula is C27H35BO2. The molecule has 0 saturated carbocycles. The SMILES string of the molecule is [B]C(c1ccc(C2(C)CC(C)(C)c3ccc(C(=C)C(C)(C)O)cc32)cc1)C(C)(C)O. The Hall–Kier alpha value is -1.84. The summed E-state index contributed by atoms with van der Waals surface area (Å²) in [5, 5.41) is 20.7. The van der Waals surface area contributed by atoms with Gasteiger partial charge in [0, 0.05) is 5.41 Å². The zero-order chi connectivity index (χ0) is 22.7. The fourth-order valence-electron chi connectivity index (χ4n) is 4.93. The van der Waals surface area contributed by atoms with Crippen molar-refractivity contribution in [1.29, 1.82) is 0 Å². The van der Waals surface area contributed by atoms with E-state index in [4.69, 9.17) is 7.85 Å². The minimum absolute atomic E-state index is 0.0425. The number of hydrogen-bond acceptors (Lipinski definition) is 2. The van der Waals surface area contributed by atoms with Crippen LogP contribution in [0.15, 0.2) is 49.0 Å². The standard InChI is InChI=1S/C27H35BO2/c1-17(25(4,5)29)19-11-14-21-22(15-19)27(8,16-24(21,2)3)20-12-9-18(10-13-20)23(28)26(6,7)30/h9-15,23,29-30H,1,16H2,2-8H3.